The number of rotatable bonds is 4. The fourth-order valence-corrected chi connectivity index (χ4v) is 5.22. The van der Waals surface area contributed by atoms with Crippen LogP contribution in [0.4, 0.5) is 4.39 Å². The smallest absolute Gasteiger partial charge is 0.182 e. The number of halogens is 1. The molecule has 0 heterocycles. The summed E-state index contributed by atoms with van der Waals surface area (Å²) in [5.74, 6) is -1.13. The molecule has 0 radical (unpaired) electrons. The normalized spacial score (nSPS) is 24.2. The van der Waals surface area contributed by atoms with Crippen LogP contribution >= 0.6 is 0 Å². The van der Waals surface area contributed by atoms with E-state index in [0.29, 0.717) is 5.56 Å². The van der Waals surface area contributed by atoms with Gasteiger partial charge < -0.3 is 5.11 Å². The van der Waals surface area contributed by atoms with Crippen molar-refractivity contribution in [3.8, 4) is 0 Å². The van der Waals surface area contributed by atoms with Crippen molar-refractivity contribution in [3.05, 3.63) is 65.5 Å². The van der Waals surface area contributed by atoms with Crippen molar-refractivity contribution in [1.82, 2.24) is 0 Å². The van der Waals surface area contributed by atoms with Crippen LogP contribution in [0.2, 0.25) is 0 Å². The Balaban J connectivity index is 1.95. The topological polar surface area (TPSA) is 54.4 Å². The van der Waals surface area contributed by atoms with Gasteiger partial charge in [0.05, 0.1) is 10.1 Å². The van der Waals surface area contributed by atoms with E-state index in [9.17, 15) is 17.9 Å². The zero-order chi connectivity index (χ0) is 15.9. The first kappa shape index (κ1) is 15.2. The summed E-state index contributed by atoms with van der Waals surface area (Å²) in [6, 6.07) is 12.6. The van der Waals surface area contributed by atoms with Crippen LogP contribution in [0.15, 0.2) is 53.4 Å². The lowest BCUT2D eigenvalue weighted by Crippen LogP contribution is -2.11. The highest BCUT2D eigenvalue weighted by Gasteiger charge is 2.58. The summed E-state index contributed by atoms with van der Waals surface area (Å²) in [6.45, 7) is 1.66. The van der Waals surface area contributed by atoms with Gasteiger partial charge >= 0.3 is 0 Å². The Morgan fingerprint density at radius 2 is 1.82 bits per heavy atom. The third kappa shape index (κ3) is 2.55. The molecule has 1 fully saturated rings. The van der Waals surface area contributed by atoms with Gasteiger partial charge in [-0.05, 0) is 36.8 Å². The summed E-state index contributed by atoms with van der Waals surface area (Å²) < 4.78 is 38.8. The Morgan fingerprint density at radius 1 is 1.14 bits per heavy atom. The fourth-order valence-electron chi connectivity index (χ4n) is 3.02. The highest BCUT2D eigenvalue weighted by molar-refractivity contribution is 7.92. The summed E-state index contributed by atoms with van der Waals surface area (Å²) >= 11 is 0. The maximum absolute atomic E-state index is 13.4. The minimum Gasteiger partial charge on any atom is -0.396 e. The van der Waals surface area contributed by atoms with Gasteiger partial charge in [-0.2, -0.15) is 0 Å². The summed E-state index contributed by atoms with van der Waals surface area (Å²) in [6.07, 6.45) is 0. The lowest BCUT2D eigenvalue weighted by atomic mass is 10.1. The third-order valence-electron chi connectivity index (χ3n) is 4.25. The number of aryl methyl sites for hydroxylation is 1. The van der Waals surface area contributed by atoms with Crippen molar-refractivity contribution >= 4 is 9.84 Å². The lowest BCUT2D eigenvalue weighted by molar-refractivity contribution is 0.274. The van der Waals surface area contributed by atoms with Crippen molar-refractivity contribution in [1.29, 1.82) is 0 Å². The van der Waals surface area contributed by atoms with Gasteiger partial charge in [0.2, 0.25) is 0 Å². The van der Waals surface area contributed by atoms with Crippen LogP contribution in [0.1, 0.15) is 17.0 Å². The Kier molecular flexibility index (Phi) is 3.78. The Bertz CT molecular complexity index is 784. The lowest BCUT2D eigenvalue weighted by Gasteiger charge is -2.05. The standard InChI is InChI=1S/C17H17FO3S/c1-11-5-7-14(8-6-11)22(20,21)17-15(10-19)16(17)12-3-2-4-13(18)9-12/h2-9,15-17,19H,10H2,1H3/t15-,16+,17-/m1/s1. The molecule has 1 aliphatic rings. The number of sulfone groups is 1. The highest BCUT2D eigenvalue weighted by Crippen LogP contribution is 2.53. The Morgan fingerprint density at radius 3 is 2.41 bits per heavy atom. The van der Waals surface area contributed by atoms with Crippen molar-refractivity contribution < 1.29 is 17.9 Å². The second-order valence-corrected chi connectivity index (χ2v) is 7.86. The number of hydrogen-bond acceptors (Lipinski definition) is 3. The number of benzene rings is 2. The molecule has 1 N–H and O–H groups in total. The molecule has 0 amide bonds. The van der Waals surface area contributed by atoms with Crippen LogP contribution in [0.25, 0.3) is 0 Å². The SMILES string of the molecule is Cc1ccc(S(=O)(=O)[C@@H]2[C@H](CO)[C@@H]2c2cccc(F)c2)cc1. The van der Waals surface area contributed by atoms with Crippen molar-refractivity contribution in [2.24, 2.45) is 5.92 Å². The van der Waals surface area contributed by atoms with E-state index >= 15 is 0 Å². The second kappa shape index (κ2) is 5.48. The molecule has 0 unspecified atom stereocenters. The quantitative estimate of drug-likeness (QED) is 0.942. The van der Waals surface area contributed by atoms with Crippen molar-refractivity contribution in [2.75, 3.05) is 6.61 Å². The predicted molar refractivity (Wildman–Crippen MR) is 81.9 cm³/mol. The van der Waals surface area contributed by atoms with Crippen molar-refractivity contribution in [2.45, 2.75) is 23.0 Å². The summed E-state index contributed by atoms with van der Waals surface area (Å²) in [5, 5.41) is 8.78. The summed E-state index contributed by atoms with van der Waals surface area (Å²) in [5.41, 5.74) is 1.61. The number of aliphatic hydroxyl groups is 1. The minimum atomic E-state index is -3.54. The van der Waals surface area contributed by atoms with Gasteiger partial charge in [-0.3, -0.25) is 0 Å². The molecule has 3 nitrogen and oxygen atoms in total. The molecular formula is C17H17FO3S. The molecule has 1 saturated carbocycles. The zero-order valence-corrected chi connectivity index (χ0v) is 12.9. The van der Waals surface area contributed by atoms with Gasteiger partial charge in [0, 0.05) is 18.4 Å². The number of aliphatic hydroxyl groups excluding tert-OH is 1. The molecule has 0 aliphatic heterocycles. The van der Waals surface area contributed by atoms with Gasteiger partial charge in [0.15, 0.2) is 9.84 Å². The molecule has 22 heavy (non-hydrogen) atoms. The monoisotopic (exact) mass is 320 g/mol. The Labute approximate surface area is 129 Å². The van der Waals surface area contributed by atoms with E-state index in [2.05, 4.69) is 0 Å². The average Bonchev–Trinajstić information content (AvgIpc) is 3.23. The van der Waals surface area contributed by atoms with Crippen LogP contribution in [0, 0.1) is 18.7 Å². The molecule has 0 spiro atoms. The van der Waals surface area contributed by atoms with Gasteiger partial charge in [-0.1, -0.05) is 29.8 Å². The zero-order valence-electron chi connectivity index (χ0n) is 12.1. The first-order valence-corrected chi connectivity index (χ1v) is 8.66. The van der Waals surface area contributed by atoms with E-state index in [-0.39, 0.29) is 23.3 Å². The second-order valence-electron chi connectivity index (χ2n) is 5.75. The van der Waals surface area contributed by atoms with Gasteiger partial charge in [-0.15, -0.1) is 0 Å². The Hall–Kier alpha value is -1.72. The molecule has 3 rings (SSSR count). The molecule has 0 bridgehead atoms. The minimum absolute atomic E-state index is 0.225. The van der Waals surface area contributed by atoms with E-state index < -0.39 is 20.9 Å². The molecule has 0 aromatic heterocycles. The third-order valence-corrected chi connectivity index (χ3v) is 6.54. The molecule has 2 aromatic carbocycles. The van der Waals surface area contributed by atoms with Crippen LogP contribution in [0.3, 0.4) is 0 Å². The average molecular weight is 320 g/mol. The molecule has 0 saturated heterocycles. The summed E-state index contributed by atoms with van der Waals surface area (Å²) in [7, 11) is -3.54. The van der Waals surface area contributed by atoms with E-state index in [1.54, 1.807) is 36.4 Å². The van der Waals surface area contributed by atoms with Crippen LogP contribution in [-0.2, 0) is 9.84 Å². The van der Waals surface area contributed by atoms with E-state index in [1.807, 2.05) is 6.92 Å². The van der Waals surface area contributed by atoms with Gasteiger partial charge in [0.1, 0.15) is 5.82 Å². The highest BCUT2D eigenvalue weighted by atomic mass is 32.2. The fraction of sp³-hybridized carbons (Fsp3) is 0.294. The predicted octanol–water partition coefficient (Wildman–Crippen LogP) is 2.68. The molecule has 3 atom stereocenters. The largest absolute Gasteiger partial charge is 0.396 e. The van der Waals surface area contributed by atoms with Crippen LogP contribution in [0.5, 0.6) is 0 Å². The summed E-state index contributed by atoms with van der Waals surface area (Å²) in [4.78, 5) is 0.250. The maximum Gasteiger partial charge on any atom is 0.182 e. The first-order chi connectivity index (χ1) is 10.4. The molecule has 5 heteroatoms. The van der Waals surface area contributed by atoms with Crippen LogP contribution in [-0.4, -0.2) is 25.4 Å². The molecule has 116 valence electrons. The van der Waals surface area contributed by atoms with Crippen LogP contribution < -0.4 is 0 Å². The van der Waals surface area contributed by atoms with E-state index in [4.69, 9.17) is 0 Å². The van der Waals surface area contributed by atoms with Gasteiger partial charge in [-0.25, -0.2) is 12.8 Å². The van der Waals surface area contributed by atoms with Gasteiger partial charge in [0.25, 0.3) is 0 Å². The first-order valence-electron chi connectivity index (χ1n) is 7.12. The van der Waals surface area contributed by atoms with Crippen molar-refractivity contribution in [3.63, 3.8) is 0 Å². The van der Waals surface area contributed by atoms with E-state index in [0.717, 1.165) is 5.56 Å². The molecule has 1 aliphatic carbocycles. The molecular weight excluding hydrogens is 303 g/mol. The number of hydrogen-bond donors (Lipinski definition) is 1. The maximum atomic E-state index is 13.4. The van der Waals surface area contributed by atoms with E-state index in [1.165, 1.54) is 12.1 Å². The molecule has 2 aromatic rings.